The second kappa shape index (κ2) is 7.12. The van der Waals surface area contributed by atoms with E-state index < -0.39 is 5.97 Å². The molecule has 0 aliphatic heterocycles. The zero-order chi connectivity index (χ0) is 15.3. The molecule has 0 aliphatic rings. The van der Waals surface area contributed by atoms with Crippen LogP contribution in [0.3, 0.4) is 0 Å². The number of ether oxygens (including phenoxy) is 1. The van der Waals surface area contributed by atoms with Crippen molar-refractivity contribution >= 4 is 11.9 Å². The largest absolute Gasteiger partial charge is 0.465 e. The molecule has 1 aromatic rings. The normalized spacial score (nSPS) is 10.7. The van der Waals surface area contributed by atoms with Crippen LogP contribution in [0.15, 0.2) is 4.42 Å². The molecule has 0 aliphatic carbocycles. The average molecular weight is 281 g/mol. The third kappa shape index (κ3) is 4.40. The van der Waals surface area contributed by atoms with Crippen LogP contribution in [0.5, 0.6) is 0 Å². The Morgan fingerprint density at radius 1 is 1.20 bits per heavy atom. The van der Waals surface area contributed by atoms with E-state index in [1.54, 1.807) is 20.8 Å². The Morgan fingerprint density at radius 2 is 1.85 bits per heavy atom. The van der Waals surface area contributed by atoms with Crippen molar-refractivity contribution in [2.24, 2.45) is 5.92 Å². The molecule has 0 radical (unpaired) electrons. The highest BCUT2D eigenvalue weighted by atomic mass is 16.5. The van der Waals surface area contributed by atoms with Crippen molar-refractivity contribution < 1.29 is 18.7 Å². The molecular weight excluding hydrogens is 258 g/mol. The van der Waals surface area contributed by atoms with Gasteiger partial charge in [-0.05, 0) is 33.1 Å². The second-order valence-electron chi connectivity index (χ2n) is 5.32. The number of hydrogen-bond acceptors (Lipinski definition) is 4. The van der Waals surface area contributed by atoms with Crippen LogP contribution in [0, 0.1) is 26.7 Å². The Bertz CT molecular complexity index is 488. The molecule has 5 nitrogen and oxygen atoms in total. The van der Waals surface area contributed by atoms with Crippen molar-refractivity contribution in [3.8, 4) is 0 Å². The van der Waals surface area contributed by atoms with Gasteiger partial charge in [0.05, 0.1) is 0 Å². The van der Waals surface area contributed by atoms with Gasteiger partial charge in [-0.15, -0.1) is 0 Å². The lowest BCUT2D eigenvalue weighted by Crippen LogP contribution is -2.30. The van der Waals surface area contributed by atoms with Gasteiger partial charge in [0, 0.05) is 12.1 Å². The quantitative estimate of drug-likeness (QED) is 0.813. The summed E-state index contributed by atoms with van der Waals surface area (Å²) in [4.78, 5) is 23.4. The summed E-state index contributed by atoms with van der Waals surface area (Å²) < 4.78 is 10.4. The van der Waals surface area contributed by atoms with Crippen LogP contribution in [0.25, 0.3) is 0 Å². The molecule has 112 valence electrons. The number of aryl methyl sites for hydroxylation is 2. The minimum Gasteiger partial charge on any atom is -0.465 e. The minimum absolute atomic E-state index is 0.264. The summed E-state index contributed by atoms with van der Waals surface area (Å²) in [5.41, 5.74) is 1.17. The molecule has 0 fully saturated rings. The fourth-order valence-corrected chi connectivity index (χ4v) is 1.85. The highest BCUT2D eigenvalue weighted by Crippen LogP contribution is 2.21. The predicted molar refractivity (Wildman–Crippen MR) is 75.7 cm³/mol. The molecule has 1 amide bonds. The van der Waals surface area contributed by atoms with Crippen LogP contribution in [0.1, 0.15) is 47.7 Å². The zero-order valence-corrected chi connectivity index (χ0v) is 12.8. The summed E-state index contributed by atoms with van der Waals surface area (Å²) in [6.45, 7) is 9.79. The van der Waals surface area contributed by atoms with E-state index in [1.807, 2.05) is 0 Å². The van der Waals surface area contributed by atoms with E-state index in [2.05, 4.69) is 19.2 Å². The summed E-state index contributed by atoms with van der Waals surface area (Å²) >= 11 is 0. The van der Waals surface area contributed by atoms with Crippen molar-refractivity contribution in [2.45, 2.75) is 41.0 Å². The van der Waals surface area contributed by atoms with Gasteiger partial charge in [0.25, 0.3) is 5.91 Å². The maximum absolute atomic E-state index is 11.9. The first-order valence-corrected chi connectivity index (χ1v) is 6.83. The molecule has 1 heterocycles. The van der Waals surface area contributed by atoms with E-state index in [1.165, 1.54) is 0 Å². The molecule has 0 saturated heterocycles. The van der Waals surface area contributed by atoms with Crippen LogP contribution in [-0.4, -0.2) is 25.0 Å². The van der Waals surface area contributed by atoms with E-state index in [-0.39, 0.29) is 12.5 Å². The molecule has 1 rings (SSSR count). The van der Waals surface area contributed by atoms with E-state index >= 15 is 0 Å². The van der Waals surface area contributed by atoms with Crippen LogP contribution in [0.2, 0.25) is 0 Å². The Morgan fingerprint density at radius 3 is 2.35 bits per heavy atom. The van der Waals surface area contributed by atoms with Gasteiger partial charge in [0.1, 0.15) is 17.1 Å². The van der Waals surface area contributed by atoms with Gasteiger partial charge in [-0.3, -0.25) is 4.79 Å². The molecule has 0 bridgehead atoms. The van der Waals surface area contributed by atoms with E-state index in [0.29, 0.717) is 29.5 Å². The standard InChI is InChI=1S/C15H23NO4/c1-9(2)6-7-16-13(17)8-19-15(18)14-10(3)11(4)20-12(14)5/h9H,6-8H2,1-5H3,(H,16,17). The summed E-state index contributed by atoms with van der Waals surface area (Å²) in [5.74, 6) is 0.934. The van der Waals surface area contributed by atoms with Crippen LogP contribution >= 0.6 is 0 Å². The molecular formula is C15H23NO4. The molecule has 5 heteroatoms. The third-order valence-electron chi connectivity index (χ3n) is 3.14. The van der Waals surface area contributed by atoms with Crippen molar-refractivity contribution in [3.05, 3.63) is 22.6 Å². The Balaban J connectivity index is 2.45. The third-order valence-corrected chi connectivity index (χ3v) is 3.14. The van der Waals surface area contributed by atoms with Gasteiger partial charge in [-0.25, -0.2) is 4.79 Å². The lowest BCUT2D eigenvalue weighted by molar-refractivity contribution is -0.124. The number of nitrogens with one attached hydrogen (secondary N) is 1. The van der Waals surface area contributed by atoms with Crippen LogP contribution < -0.4 is 5.32 Å². The topological polar surface area (TPSA) is 68.5 Å². The fraction of sp³-hybridized carbons (Fsp3) is 0.600. The summed E-state index contributed by atoms with van der Waals surface area (Å²) in [5, 5.41) is 2.72. The number of carbonyl (C=O) groups excluding carboxylic acids is 2. The Hall–Kier alpha value is -1.78. The minimum atomic E-state index is -0.518. The number of carbonyl (C=O) groups is 2. The number of esters is 1. The van der Waals surface area contributed by atoms with Gasteiger partial charge in [-0.1, -0.05) is 13.8 Å². The molecule has 1 aromatic heterocycles. The smallest absolute Gasteiger partial charge is 0.342 e. The molecule has 0 saturated carbocycles. The highest BCUT2D eigenvalue weighted by Gasteiger charge is 2.20. The maximum atomic E-state index is 11.9. The van der Waals surface area contributed by atoms with Gasteiger partial charge >= 0.3 is 5.97 Å². The maximum Gasteiger partial charge on any atom is 0.342 e. The van der Waals surface area contributed by atoms with E-state index in [0.717, 1.165) is 12.0 Å². The number of amides is 1. The lowest BCUT2D eigenvalue weighted by Gasteiger charge is -2.08. The van der Waals surface area contributed by atoms with E-state index in [4.69, 9.17) is 9.15 Å². The fourth-order valence-electron chi connectivity index (χ4n) is 1.85. The number of hydrogen-bond donors (Lipinski definition) is 1. The van der Waals surface area contributed by atoms with Crippen molar-refractivity contribution in [2.75, 3.05) is 13.2 Å². The first-order chi connectivity index (χ1) is 9.32. The first kappa shape index (κ1) is 16.3. The average Bonchev–Trinajstić information content (AvgIpc) is 2.60. The van der Waals surface area contributed by atoms with Crippen LogP contribution in [-0.2, 0) is 9.53 Å². The Kier molecular flexibility index (Phi) is 5.80. The highest BCUT2D eigenvalue weighted by molar-refractivity contribution is 5.93. The molecule has 0 unspecified atom stereocenters. The van der Waals surface area contributed by atoms with Crippen molar-refractivity contribution in [3.63, 3.8) is 0 Å². The van der Waals surface area contributed by atoms with E-state index in [9.17, 15) is 9.59 Å². The van der Waals surface area contributed by atoms with Gasteiger partial charge in [0.2, 0.25) is 0 Å². The molecule has 0 atom stereocenters. The molecule has 1 N–H and O–H groups in total. The Labute approximate surface area is 119 Å². The van der Waals surface area contributed by atoms with Crippen molar-refractivity contribution in [1.29, 1.82) is 0 Å². The lowest BCUT2D eigenvalue weighted by atomic mass is 10.1. The summed E-state index contributed by atoms with van der Waals surface area (Å²) in [6, 6.07) is 0. The van der Waals surface area contributed by atoms with Gasteiger partial charge in [0.15, 0.2) is 6.61 Å². The first-order valence-electron chi connectivity index (χ1n) is 6.83. The van der Waals surface area contributed by atoms with Gasteiger partial charge in [-0.2, -0.15) is 0 Å². The predicted octanol–water partition coefficient (Wildman–Crippen LogP) is 2.52. The van der Waals surface area contributed by atoms with Crippen molar-refractivity contribution in [1.82, 2.24) is 5.32 Å². The molecule has 0 spiro atoms. The van der Waals surface area contributed by atoms with Gasteiger partial charge < -0.3 is 14.5 Å². The monoisotopic (exact) mass is 281 g/mol. The van der Waals surface area contributed by atoms with Crippen LogP contribution in [0.4, 0.5) is 0 Å². The summed E-state index contributed by atoms with van der Waals surface area (Å²) in [7, 11) is 0. The number of furan rings is 1. The second-order valence-corrected chi connectivity index (χ2v) is 5.32. The summed E-state index contributed by atoms with van der Waals surface area (Å²) in [6.07, 6.45) is 0.902. The molecule has 20 heavy (non-hydrogen) atoms. The zero-order valence-electron chi connectivity index (χ0n) is 12.8. The SMILES string of the molecule is Cc1oc(C)c(C(=O)OCC(=O)NCCC(C)C)c1C. The molecule has 0 aromatic carbocycles. The number of rotatable bonds is 6.